The average molecular weight is 257 g/mol. The monoisotopic (exact) mass is 256 g/mol. The number of aldehydes is 1. The van der Waals surface area contributed by atoms with Gasteiger partial charge in [-0.05, 0) is 23.6 Å². The minimum atomic E-state index is 0.243. The Morgan fingerprint density at radius 2 is 2.29 bits per heavy atom. The molecule has 0 heterocycles. The molecule has 0 aliphatic carbocycles. The molecule has 0 aliphatic rings. The normalized spacial score (nSPS) is 12.2. The van der Waals surface area contributed by atoms with E-state index in [0.717, 1.165) is 22.1 Å². The second-order valence-corrected chi connectivity index (χ2v) is 4.05. The van der Waals surface area contributed by atoms with E-state index in [1.165, 1.54) is 0 Å². The first kappa shape index (κ1) is 11.2. The molecule has 3 heteroatoms. The lowest BCUT2D eigenvalue weighted by Gasteiger charge is -2.11. The molecule has 1 aromatic rings. The van der Waals surface area contributed by atoms with Crippen LogP contribution < -0.4 is 4.74 Å². The van der Waals surface area contributed by atoms with Gasteiger partial charge in [0.25, 0.3) is 0 Å². The van der Waals surface area contributed by atoms with E-state index >= 15 is 0 Å². The molecule has 0 aliphatic heterocycles. The predicted octanol–water partition coefficient (Wildman–Crippen LogP) is 3.15. The number of carbonyl (C=O) groups is 1. The van der Waals surface area contributed by atoms with Crippen LogP contribution in [0.25, 0.3) is 0 Å². The van der Waals surface area contributed by atoms with Gasteiger partial charge >= 0.3 is 0 Å². The molecule has 0 amide bonds. The maximum atomic E-state index is 10.4. The smallest absolute Gasteiger partial charge is 0.120 e. The largest absolute Gasteiger partial charge is 0.497 e. The summed E-state index contributed by atoms with van der Waals surface area (Å²) in [6, 6.07) is 5.80. The molecule has 14 heavy (non-hydrogen) atoms. The molecule has 0 fully saturated rings. The Balaban J connectivity index is 2.93. The van der Waals surface area contributed by atoms with Gasteiger partial charge in [0, 0.05) is 10.9 Å². The summed E-state index contributed by atoms with van der Waals surface area (Å²) in [6.45, 7) is 2.03. The first-order valence-electron chi connectivity index (χ1n) is 4.46. The zero-order chi connectivity index (χ0) is 10.6. The highest BCUT2D eigenvalue weighted by molar-refractivity contribution is 9.10. The quantitative estimate of drug-likeness (QED) is 0.774. The van der Waals surface area contributed by atoms with Crippen molar-refractivity contribution < 1.29 is 9.53 Å². The highest BCUT2D eigenvalue weighted by atomic mass is 79.9. The number of halogens is 1. The zero-order valence-corrected chi connectivity index (χ0v) is 9.87. The van der Waals surface area contributed by atoms with Crippen LogP contribution in [0.4, 0.5) is 0 Å². The Morgan fingerprint density at radius 3 is 2.79 bits per heavy atom. The SMILES string of the molecule is COc1ccc(C(C)CC=O)c(Br)c1. The lowest BCUT2D eigenvalue weighted by Crippen LogP contribution is -1.96. The fraction of sp³-hybridized carbons (Fsp3) is 0.364. The molecule has 1 atom stereocenters. The van der Waals surface area contributed by atoms with Crippen molar-refractivity contribution in [2.24, 2.45) is 0 Å². The standard InChI is InChI=1S/C11H13BrO2/c1-8(5-6-13)10-4-3-9(14-2)7-11(10)12/h3-4,6-8H,5H2,1-2H3. The van der Waals surface area contributed by atoms with Crippen LogP contribution in [-0.4, -0.2) is 13.4 Å². The van der Waals surface area contributed by atoms with Crippen LogP contribution in [0.1, 0.15) is 24.8 Å². The van der Waals surface area contributed by atoms with Gasteiger partial charge in [0.2, 0.25) is 0 Å². The third-order valence-corrected chi connectivity index (χ3v) is 2.88. The summed E-state index contributed by atoms with van der Waals surface area (Å²) in [5.74, 6) is 1.06. The summed E-state index contributed by atoms with van der Waals surface area (Å²) in [5, 5.41) is 0. The van der Waals surface area contributed by atoms with Crippen molar-refractivity contribution in [3.05, 3.63) is 28.2 Å². The minimum absolute atomic E-state index is 0.243. The zero-order valence-electron chi connectivity index (χ0n) is 8.29. The Labute approximate surface area is 92.4 Å². The molecule has 76 valence electrons. The fourth-order valence-corrected chi connectivity index (χ4v) is 2.05. The van der Waals surface area contributed by atoms with E-state index in [-0.39, 0.29) is 5.92 Å². The fourth-order valence-electron chi connectivity index (χ4n) is 1.31. The highest BCUT2D eigenvalue weighted by Gasteiger charge is 2.09. The van der Waals surface area contributed by atoms with Gasteiger partial charge < -0.3 is 9.53 Å². The lowest BCUT2D eigenvalue weighted by molar-refractivity contribution is -0.108. The van der Waals surface area contributed by atoms with Crippen LogP contribution >= 0.6 is 15.9 Å². The van der Waals surface area contributed by atoms with Gasteiger partial charge in [-0.25, -0.2) is 0 Å². The number of hydrogen-bond acceptors (Lipinski definition) is 2. The molecule has 2 nitrogen and oxygen atoms in total. The van der Waals surface area contributed by atoms with Gasteiger partial charge in [-0.1, -0.05) is 28.9 Å². The van der Waals surface area contributed by atoms with Crippen LogP contribution in [-0.2, 0) is 4.79 Å². The number of benzene rings is 1. The lowest BCUT2D eigenvalue weighted by atomic mass is 9.98. The van der Waals surface area contributed by atoms with Gasteiger partial charge in [-0.3, -0.25) is 0 Å². The number of rotatable bonds is 4. The molecular formula is C11H13BrO2. The van der Waals surface area contributed by atoms with E-state index in [2.05, 4.69) is 15.9 Å². The Hall–Kier alpha value is -0.830. The number of ether oxygens (including phenoxy) is 1. The summed E-state index contributed by atoms with van der Waals surface area (Å²) in [4.78, 5) is 10.4. The summed E-state index contributed by atoms with van der Waals surface area (Å²) in [7, 11) is 1.64. The van der Waals surface area contributed by atoms with Gasteiger partial charge in [0.05, 0.1) is 7.11 Å². The van der Waals surface area contributed by atoms with Crippen molar-refractivity contribution in [2.75, 3.05) is 7.11 Å². The van der Waals surface area contributed by atoms with Crippen molar-refractivity contribution in [3.8, 4) is 5.75 Å². The molecule has 1 aromatic carbocycles. The number of hydrogen-bond donors (Lipinski definition) is 0. The van der Waals surface area contributed by atoms with Crippen LogP contribution in [0.2, 0.25) is 0 Å². The molecule has 0 aromatic heterocycles. The van der Waals surface area contributed by atoms with Gasteiger partial charge in [-0.15, -0.1) is 0 Å². The highest BCUT2D eigenvalue weighted by Crippen LogP contribution is 2.29. The molecular weight excluding hydrogens is 244 g/mol. The molecule has 0 N–H and O–H groups in total. The van der Waals surface area contributed by atoms with Crippen LogP contribution in [0.15, 0.2) is 22.7 Å². The van der Waals surface area contributed by atoms with Gasteiger partial charge in [-0.2, -0.15) is 0 Å². The molecule has 0 radical (unpaired) electrons. The summed E-state index contributed by atoms with van der Waals surface area (Å²) in [5.41, 5.74) is 1.14. The Bertz CT molecular complexity index is 323. The molecule has 0 bridgehead atoms. The Kier molecular flexibility index (Phi) is 4.14. The summed E-state index contributed by atoms with van der Waals surface area (Å²) >= 11 is 3.46. The molecule has 0 saturated carbocycles. The average Bonchev–Trinajstić information content (AvgIpc) is 2.17. The molecule has 1 rings (SSSR count). The van der Waals surface area contributed by atoms with E-state index in [1.54, 1.807) is 7.11 Å². The summed E-state index contributed by atoms with van der Waals surface area (Å²) in [6.07, 6.45) is 1.49. The maximum absolute atomic E-state index is 10.4. The van der Waals surface area contributed by atoms with Crippen LogP contribution in [0.5, 0.6) is 5.75 Å². The van der Waals surface area contributed by atoms with E-state index < -0.39 is 0 Å². The number of methoxy groups -OCH3 is 1. The van der Waals surface area contributed by atoms with E-state index in [9.17, 15) is 4.79 Å². The topological polar surface area (TPSA) is 26.3 Å². The van der Waals surface area contributed by atoms with Gasteiger partial charge in [0.15, 0.2) is 0 Å². The predicted molar refractivity (Wildman–Crippen MR) is 59.8 cm³/mol. The first-order chi connectivity index (χ1) is 6.69. The minimum Gasteiger partial charge on any atom is -0.497 e. The van der Waals surface area contributed by atoms with E-state index in [4.69, 9.17) is 4.74 Å². The molecule has 1 unspecified atom stereocenters. The second-order valence-electron chi connectivity index (χ2n) is 3.19. The summed E-state index contributed by atoms with van der Waals surface area (Å²) < 4.78 is 6.08. The van der Waals surface area contributed by atoms with Crippen LogP contribution in [0, 0.1) is 0 Å². The Morgan fingerprint density at radius 1 is 1.57 bits per heavy atom. The van der Waals surface area contributed by atoms with Crippen molar-refractivity contribution in [3.63, 3.8) is 0 Å². The van der Waals surface area contributed by atoms with E-state index in [1.807, 2.05) is 25.1 Å². The second kappa shape index (κ2) is 5.15. The molecule has 0 spiro atoms. The third-order valence-electron chi connectivity index (χ3n) is 2.19. The number of carbonyl (C=O) groups excluding carboxylic acids is 1. The van der Waals surface area contributed by atoms with E-state index in [0.29, 0.717) is 6.42 Å². The van der Waals surface area contributed by atoms with Crippen molar-refractivity contribution in [2.45, 2.75) is 19.3 Å². The first-order valence-corrected chi connectivity index (χ1v) is 5.25. The third kappa shape index (κ3) is 2.58. The maximum Gasteiger partial charge on any atom is 0.120 e. The molecule has 0 saturated heterocycles. The van der Waals surface area contributed by atoms with Crippen LogP contribution in [0.3, 0.4) is 0 Å². The van der Waals surface area contributed by atoms with Gasteiger partial charge in [0.1, 0.15) is 12.0 Å². The van der Waals surface area contributed by atoms with Crippen molar-refractivity contribution in [1.29, 1.82) is 0 Å². The van der Waals surface area contributed by atoms with Crippen molar-refractivity contribution >= 4 is 22.2 Å². The van der Waals surface area contributed by atoms with Crippen molar-refractivity contribution in [1.82, 2.24) is 0 Å².